The average molecular weight is 231 g/mol. The lowest BCUT2D eigenvalue weighted by atomic mass is 9.89. The van der Waals surface area contributed by atoms with Crippen LogP contribution in [-0.4, -0.2) is 9.97 Å². The van der Waals surface area contributed by atoms with Gasteiger partial charge in [0.05, 0.1) is 5.69 Å². The molecule has 0 fully saturated rings. The van der Waals surface area contributed by atoms with Gasteiger partial charge in [0.25, 0.3) is 0 Å². The molecule has 1 aromatic heterocycles. The maximum Gasteiger partial charge on any atom is 0.0696 e. The first-order valence-electron chi connectivity index (χ1n) is 4.25. The van der Waals surface area contributed by atoms with Gasteiger partial charge in [0.2, 0.25) is 0 Å². The molecule has 0 bridgehead atoms. The van der Waals surface area contributed by atoms with Crippen LogP contribution in [0.25, 0.3) is 0 Å². The highest BCUT2D eigenvalue weighted by atomic mass is 35.5. The SMILES string of the molecule is C/C(Cl)=C(/Cl)C(C)(C)c1cnccn1. The lowest BCUT2D eigenvalue weighted by molar-refractivity contribution is 0.623. The van der Waals surface area contributed by atoms with Crippen LogP contribution in [0.2, 0.25) is 0 Å². The summed E-state index contributed by atoms with van der Waals surface area (Å²) in [5, 5.41) is 1.18. The monoisotopic (exact) mass is 230 g/mol. The number of allylic oxidation sites excluding steroid dienone is 2. The highest BCUT2D eigenvalue weighted by Gasteiger charge is 2.27. The normalized spacial score (nSPS) is 13.8. The second-order valence-electron chi connectivity index (χ2n) is 3.56. The summed E-state index contributed by atoms with van der Waals surface area (Å²) < 4.78 is 0. The van der Waals surface area contributed by atoms with Gasteiger partial charge < -0.3 is 0 Å². The third-order valence-corrected chi connectivity index (χ3v) is 3.10. The largest absolute Gasteiger partial charge is 0.261 e. The van der Waals surface area contributed by atoms with Crippen LogP contribution in [0, 0.1) is 0 Å². The minimum atomic E-state index is -0.387. The van der Waals surface area contributed by atoms with E-state index >= 15 is 0 Å². The summed E-state index contributed by atoms with van der Waals surface area (Å²) >= 11 is 12.0. The zero-order valence-electron chi connectivity index (χ0n) is 8.38. The molecule has 2 nitrogen and oxygen atoms in total. The van der Waals surface area contributed by atoms with Crippen LogP contribution < -0.4 is 0 Å². The molecule has 76 valence electrons. The van der Waals surface area contributed by atoms with E-state index in [0.29, 0.717) is 10.1 Å². The van der Waals surface area contributed by atoms with Crippen molar-refractivity contribution in [2.45, 2.75) is 26.2 Å². The molecule has 0 amide bonds. The summed E-state index contributed by atoms with van der Waals surface area (Å²) in [5.41, 5.74) is 0.423. The second-order valence-corrected chi connectivity index (χ2v) is 4.51. The Morgan fingerprint density at radius 2 is 1.93 bits per heavy atom. The van der Waals surface area contributed by atoms with Crippen LogP contribution in [0.3, 0.4) is 0 Å². The number of aromatic nitrogens is 2. The molecular weight excluding hydrogens is 219 g/mol. The van der Waals surface area contributed by atoms with E-state index in [1.54, 1.807) is 25.5 Å². The van der Waals surface area contributed by atoms with Crippen molar-refractivity contribution in [1.82, 2.24) is 9.97 Å². The molecule has 0 spiro atoms. The number of nitrogens with zero attached hydrogens (tertiary/aromatic N) is 2. The van der Waals surface area contributed by atoms with E-state index in [4.69, 9.17) is 23.2 Å². The maximum atomic E-state index is 6.12. The summed E-state index contributed by atoms with van der Waals surface area (Å²) in [6.07, 6.45) is 4.97. The molecular formula is C10H12Cl2N2. The van der Waals surface area contributed by atoms with Crippen LogP contribution in [0.4, 0.5) is 0 Å². The van der Waals surface area contributed by atoms with Gasteiger partial charge in [-0.1, -0.05) is 23.2 Å². The van der Waals surface area contributed by atoms with E-state index in [1.165, 1.54) is 0 Å². The molecule has 0 N–H and O–H groups in total. The van der Waals surface area contributed by atoms with Gasteiger partial charge in [-0.3, -0.25) is 9.97 Å². The Morgan fingerprint density at radius 1 is 1.29 bits per heavy atom. The van der Waals surface area contributed by atoms with Gasteiger partial charge >= 0.3 is 0 Å². The van der Waals surface area contributed by atoms with Crippen molar-refractivity contribution in [3.05, 3.63) is 34.3 Å². The van der Waals surface area contributed by atoms with Gasteiger partial charge in [0.1, 0.15) is 0 Å². The predicted molar refractivity (Wildman–Crippen MR) is 59.5 cm³/mol. The zero-order chi connectivity index (χ0) is 10.8. The van der Waals surface area contributed by atoms with Crippen LogP contribution >= 0.6 is 23.2 Å². The minimum Gasteiger partial charge on any atom is -0.261 e. The van der Waals surface area contributed by atoms with E-state index in [-0.39, 0.29) is 5.41 Å². The van der Waals surface area contributed by atoms with E-state index in [1.807, 2.05) is 13.8 Å². The Bertz CT molecular complexity index is 340. The van der Waals surface area contributed by atoms with Crippen molar-refractivity contribution in [3.8, 4) is 0 Å². The molecule has 0 atom stereocenters. The Balaban J connectivity index is 3.15. The molecule has 1 rings (SSSR count). The van der Waals surface area contributed by atoms with E-state index in [0.717, 1.165) is 5.69 Å². The third-order valence-electron chi connectivity index (χ3n) is 2.05. The summed E-state index contributed by atoms with van der Waals surface area (Å²) in [5.74, 6) is 0. The van der Waals surface area contributed by atoms with Crippen molar-refractivity contribution in [1.29, 1.82) is 0 Å². The van der Waals surface area contributed by atoms with Crippen LogP contribution in [-0.2, 0) is 5.41 Å². The lowest BCUT2D eigenvalue weighted by Gasteiger charge is -2.23. The van der Waals surface area contributed by atoms with E-state index in [9.17, 15) is 0 Å². The first kappa shape index (κ1) is 11.5. The van der Waals surface area contributed by atoms with E-state index < -0.39 is 0 Å². The second kappa shape index (κ2) is 4.28. The maximum absolute atomic E-state index is 6.12. The smallest absolute Gasteiger partial charge is 0.0696 e. The molecule has 0 saturated heterocycles. The van der Waals surface area contributed by atoms with Crippen molar-refractivity contribution in [2.75, 3.05) is 0 Å². The highest BCUT2D eigenvalue weighted by Crippen LogP contribution is 2.35. The molecule has 0 aliphatic rings. The molecule has 0 saturated carbocycles. The lowest BCUT2D eigenvalue weighted by Crippen LogP contribution is -2.20. The zero-order valence-corrected chi connectivity index (χ0v) is 9.89. The average Bonchev–Trinajstić information content (AvgIpc) is 2.18. The summed E-state index contributed by atoms with van der Waals surface area (Å²) in [6, 6.07) is 0. The Kier molecular flexibility index (Phi) is 3.51. The first-order chi connectivity index (χ1) is 6.46. The summed E-state index contributed by atoms with van der Waals surface area (Å²) in [6.45, 7) is 5.69. The van der Waals surface area contributed by atoms with Crippen LogP contribution in [0.15, 0.2) is 28.7 Å². The van der Waals surface area contributed by atoms with Gasteiger partial charge in [-0.25, -0.2) is 0 Å². The fourth-order valence-corrected chi connectivity index (χ4v) is 1.50. The molecule has 0 aromatic carbocycles. The third kappa shape index (κ3) is 2.25. The molecule has 1 aromatic rings. The fraction of sp³-hybridized carbons (Fsp3) is 0.400. The molecule has 0 unspecified atom stereocenters. The molecule has 1 heterocycles. The van der Waals surface area contributed by atoms with Crippen molar-refractivity contribution in [2.24, 2.45) is 0 Å². The first-order valence-corrected chi connectivity index (χ1v) is 5.00. The van der Waals surface area contributed by atoms with E-state index in [2.05, 4.69) is 9.97 Å². The van der Waals surface area contributed by atoms with Gasteiger partial charge in [-0.05, 0) is 20.8 Å². The predicted octanol–water partition coefficient (Wildman–Crippen LogP) is 3.46. The Labute approximate surface area is 94.0 Å². The fourth-order valence-electron chi connectivity index (χ4n) is 1.16. The Hall–Kier alpha value is -0.600. The number of halogens is 2. The quantitative estimate of drug-likeness (QED) is 0.778. The molecule has 4 heteroatoms. The van der Waals surface area contributed by atoms with Crippen LogP contribution in [0.1, 0.15) is 26.5 Å². The van der Waals surface area contributed by atoms with Crippen molar-refractivity contribution in [3.63, 3.8) is 0 Å². The topological polar surface area (TPSA) is 25.8 Å². The summed E-state index contributed by atoms with van der Waals surface area (Å²) in [7, 11) is 0. The van der Waals surface area contributed by atoms with Gasteiger partial charge in [-0.2, -0.15) is 0 Å². The molecule has 0 aliphatic carbocycles. The highest BCUT2D eigenvalue weighted by molar-refractivity contribution is 6.39. The number of rotatable bonds is 2. The van der Waals surface area contributed by atoms with Crippen molar-refractivity contribution >= 4 is 23.2 Å². The van der Waals surface area contributed by atoms with Gasteiger partial charge in [0, 0.05) is 34.1 Å². The van der Waals surface area contributed by atoms with Crippen LogP contribution in [0.5, 0.6) is 0 Å². The number of hydrogen-bond acceptors (Lipinski definition) is 2. The standard InChI is InChI=1S/C10H12Cl2N2/c1-7(11)9(12)10(2,3)8-6-13-4-5-14-8/h4-6H,1-3H3/b9-7-. The Morgan fingerprint density at radius 3 is 2.36 bits per heavy atom. The summed E-state index contributed by atoms with van der Waals surface area (Å²) in [4.78, 5) is 8.22. The molecule has 14 heavy (non-hydrogen) atoms. The number of hydrogen-bond donors (Lipinski definition) is 0. The molecule has 0 aliphatic heterocycles. The molecule has 0 radical (unpaired) electrons. The minimum absolute atomic E-state index is 0.387. The van der Waals surface area contributed by atoms with Gasteiger partial charge in [0.15, 0.2) is 0 Å². The van der Waals surface area contributed by atoms with Gasteiger partial charge in [-0.15, -0.1) is 0 Å². The van der Waals surface area contributed by atoms with Crippen molar-refractivity contribution < 1.29 is 0 Å².